The number of piperidine rings is 1. The minimum atomic E-state index is -0.333. The average molecular weight is 359 g/mol. The lowest BCUT2D eigenvalue weighted by Crippen LogP contribution is -2.48. The number of benzene rings is 1. The monoisotopic (exact) mass is 359 g/mol. The lowest BCUT2D eigenvalue weighted by atomic mass is 9.98. The van der Waals surface area contributed by atoms with Gasteiger partial charge < -0.3 is 14.6 Å². The number of rotatable bonds is 4. The molecule has 3 amide bonds. The minimum Gasteiger partial charge on any atom is -0.459 e. The number of hydrogen-bond donors (Lipinski definition) is 1. The molecule has 0 bridgehead atoms. The molecule has 1 atom stereocenters. The van der Waals surface area contributed by atoms with Crippen LogP contribution in [0.25, 0.3) is 0 Å². The van der Waals surface area contributed by atoms with Crippen molar-refractivity contribution in [3.8, 4) is 0 Å². The highest BCUT2D eigenvalue weighted by Gasteiger charge is 2.26. The normalized spacial score (nSPS) is 17.0. The van der Waals surface area contributed by atoms with Crippen molar-refractivity contribution in [1.29, 1.82) is 0 Å². The van der Waals surface area contributed by atoms with Gasteiger partial charge in [0.05, 0.1) is 6.26 Å². The average Bonchev–Trinajstić information content (AvgIpc) is 3.21. The van der Waals surface area contributed by atoms with Gasteiger partial charge in [-0.2, -0.15) is 0 Å². The number of halogens is 1. The van der Waals surface area contributed by atoms with Crippen LogP contribution < -0.4 is 10.2 Å². The number of furan rings is 1. The second-order valence-electron chi connectivity index (χ2n) is 6.46. The lowest BCUT2D eigenvalue weighted by Gasteiger charge is -2.35. The van der Waals surface area contributed by atoms with Gasteiger partial charge in [-0.15, -0.1) is 0 Å². The van der Waals surface area contributed by atoms with Crippen molar-refractivity contribution in [2.75, 3.05) is 31.6 Å². The van der Waals surface area contributed by atoms with Crippen molar-refractivity contribution in [3.63, 3.8) is 0 Å². The fourth-order valence-corrected chi connectivity index (χ4v) is 3.12. The Morgan fingerprint density at radius 3 is 2.77 bits per heavy atom. The highest BCUT2D eigenvalue weighted by molar-refractivity contribution is 5.92. The van der Waals surface area contributed by atoms with Crippen LogP contribution in [-0.4, -0.2) is 43.5 Å². The molecule has 1 saturated heterocycles. The fourth-order valence-electron chi connectivity index (χ4n) is 3.12. The summed E-state index contributed by atoms with van der Waals surface area (Å²) in [5, 5.41) is 2.86. The number of urea groups is 1. The highest BCUT2D eigenvalue weighted by Crippen LogP contribution is 2.20. The SMILES string of the molecule is CN(C(=O)N1CCCC(CNC(=O)c2ccco2)C1)c1ccc(F)cc1. The topological polar surface area (TPSA) is 65.8 Å². The van der Waals surface area contributed by atoms with Gasteiger partial charge in [0.25, 0.3) is 5.91 Å². The van der Waals surface area contributed by atoms with E-state index in [0.29, 0.717) is 25.3 Å². The summed E-state index contributed by atoms with van der Waals surface area (Å²) in [5.41, 5.74) is 0.643. The van der Waals surface area contributed by atoms with Crippen LogP contribution in [0.4, 0.5) is 14.9 Å². The molecule has 1 aromatic carbocycles. The van der Waals surface area contributed by atoms with E-state index in [9.17, 15) is 14.0 Å². The number of anilines is 1. The van der Waals surface area contributed by atoms with Crippen LogP contribution in [0.5, 0.6) is 0 Å². The Morgan fingerprint density at radius 2 is 2.08 bits per heavy atom. The number of likely N-dealkylation sites (tertiary alicyclic amines) is 1. The standard InChI is InChI=1S/C19H22FN3O3/c1-22(16-8-6-15(20)7-9-16)19(25)23-10-2-4-14(13-23)12-21-18(24)17-5-3-11-26-17/h3,5-9,11,14H,2,4,10,12-13H2,1H3,(H,21,24). The highest BCUT2D eigenvalue weighted by atomic mass is 19.1. The zero-order valence-electron chi connectivity index (χ0n) is 14.7. The van der Waals surface area contributed by atoms with Crippen LogP contribution in [-0.2, 0) is 0 Å². The molecule has 2 heterocycles. The number of carbonyl (C=O) groups excluding carboxylic acids is 2. The van der Waals surface area contributed by atoms with Gasteiger partial charge in [0.15, 0.2) is 5.76 Å². The van der Waals surface area contributed by atoms with E-state index in [1.54, 1.807) is 36.2 Å². The molecule has 6 nitrogen and oxygen atoms in total. The maximum Gasteiger partial charge on any atom is 0.324 e. The van der Waals surface area contributed by atoms with Gasteiger partial charge in [-0.05, 0) is 55.2 Å². The van der Waals surface area contributed by atoms with Crippen LogP contribution in [0.1, 0.15) is 23.4 Å². The van der Waals surface area contributed by atoms with Gasteiger partial charge in [0, 0.05) is 32.4 Å². The lowest BCUT2D eigenvalue weighted by molar-refractivity contribution is 0.0910. The van der Waals surface area contributed by atoms with Crippen LogP contribution in [0, 0.1) is 11.7 Å². The molecular weight excluding hydrogens is 337 g/mol. The predicted octanol–water partition coefficient (Wildman–Crippen LogP) is 3.12. The first-order valence-electron chi connectivity index (χ1n) is 8.64. The first kappa shape index (κ1) is 18.0. The summed E-state index contributed by atoms with van der Waals surface area (Å²) >= 11 is 0. The zero-order valence-corrected chi connectivity index (χ0v) is 14.7. The number of nitrogens with zero attached hydrogens (tertiary/aromatic N) is 2. The number of nitrogens with one attached hydrogen (secondary N) is 1. The Labute approximate surface area is 151 Å². The first-order valence-corrected chi connectivity index (χ1v) is 8.64. The molecule has 2 aromatic rings. The third-order valence-electron chi connectivity index (χ3n) is 4.59. The van der Waals surface area contributed by atoms with E-state index < -0.39 is 0 Å². The third-order valence-corrected chi connectivity index (χ3v) is 4.59. The minimum absolute atomic E-state index is 0.126. The van der Waals surface area contributed by atoms with Crippen molar-refractivity contribution < 1.29 is 18.4 Å². The number of hydrogen-bond acceptors (Lipinski definition) is 3. The van der Waals surface area contributed by atoms with Gasteiger partial charge in [-0.25, -0.2) is 9.18 Å². The summed E-state index contributed by atoms with van der Waals surface area (Å²) in [6.45, 7) is 1.74. The smallest absolute Gasteiger partial charge is 0.324 e. The summed E-state index contributed by atoms with van der Waals surface area (Å²) < 4.78 is 18.1. The van der Waals surface area contributed by atoms with E-state index in [1.165, 1.54) is 23.3 Å². The summed E-state index contributed by atoms with van der Waals surface area (Å²) in [6, 6.07) is 8.99. The Hall–Kier alpha value is -2.83. The molecule has 1 fully saturated rings. The maximum atomic E-state index is 13.1. The molecule has 1 unspecified atom stereocenters. The molecule has 1 aromatic heterocycles. The van der Waals surface area contributed by atoms with Crippen molar-refractivity contribution in [2.45, 2.75) is 12.8 Å². The molecule has 0 spiro atoms. The third kappa shape index (κ3) is 4.22. The molecule has 3 rings (SSSR count). The zero-order chi connectivity index (χ0) is 18.5. The van der Waals surface area contributed by atoms with Crippen molar-refractivity contribution >= 4 is 17.6 Å². The van der Waals surface area contributed by atoms with E-state index in [0.717, 1.165) is 12.8 Å². The summed E-state index contributed by atoms with van der Waals surface area (Å²) in [6.07, 6.45) is 3.29. The molecule has 1 aliphatic heterocycles. The number of amides is 3. The molecule has 7 heteroatoms. The largest absolute Gasteiger partial charge is 0.459 e. The molecule has 0 radical (unpaired) electrons. The quantitative estimate of drug-likeness (QED) is 0.912. The first-order chi connectivity index (χ1) is 12.5. The maximum absolute atomic E-state index is 13.1. The Morgan fingerprint density at radius 1 is 1.31 bits per heavy atom. The molecular formula is C19H22FN3O3. The molecule has 0 aliphatic carbocycles. The molecule has 0 saturated carbocycles. The van der Waals surface area contributed by atoms with E-state index in [1.807, 2.05) is 0 Å². The van der Waals surface area contributed by atoms with Crippen LogP contribution in [0.3, 0.4) is 0 Å². The Balaban J connectivity index is 1.54. The van der Waals surface area contributed by atoms with Gasteiger partial charge in [0.2, 0.25) is 0 Å². The van der Waals surface area contributed by atoms with Crippen molar-refractivity contribution in [1.82, 2.24) is 10.2 Å². The molecule has 26 heavy (non-hydrogen) atoms. The molecule has 138 valence electrons. The van der Waals surface area contributed by atoms with Gasteiger partial charge in [-0.3, -0.25) is 9.69 Å². The second kappa shape index (κ2) is 8.03. The predicted molar refractivity (Wildman–Crippen MR) is 95.5 cm³/mol. The van der Waals surface area contributed by atoms with E-state index in [4.69, 9.17) is 4.42 Å². The van der Waals surface area contributed by atoms with E-state index in [2.05, 4.69) is 5.32 Å². The van der Waals surface area contributed by atoms with Gasteiger partial charge >= 0.3 is 6.03 Å². The second-order valence-corrected chi connectivity index (χ2v) is 6.46. The number of carbonyl (C=O) groups is 2. The van der Waals surface area contributed by atoms with Gasteiger partial charge in [-0.1, -0.05) is 0 Å². The Bertz CT molecular complexity index is 746. The van der Waals surface area contributed by atoms with Crippen molar-refractivity contribution in [2.24, 2.45) is 5.92 Å². The summed E-state index contributed by atoms with van der Waals surface area (Å²) in [7, 11) is 1.68. The molecule has 1 N–H and O–H groups in total. The van der Waals surface area contributed by atoms with E-state index in [-0.39, 0.29) is 29.4 Å². The van der Waals surface area contributed by atoms with Crippen LogP contribution >= 0.6 is 0 Å². The van der Waals surface area contributed by atoms with Crippen LogP contribution in [0.15, 0.2) is 47.1 Å². The van der Waals surface area contributed by atoms with Crippen molar-refractivity contribution in [3.05, 3.63) is 54.2 Å². The Kier molecular flexibility index (Phi) is 5.55. The van der Waals surface area contributed by atoms with Gasteiger partial charge in [0.1, 0.15) is 5.82 Å². The summed E-state index contributed by atoms with van der Waals surface area (Å²) in [5.74, 6) is -0.111. The fraction of sp³-hybridized carbons (Fsp3) is 0.368. The summed E-state index contributed by atoms with van der Waals surface area (Å²) in [4.78, 5) is 28.0. The van der Waals surface area contributed by atoms with E-state index >= 15 is 0 Å². The molecule has 1 aliphatic rings. The van der Waals surface area contributed by atoms with Crippen LogP contribution in [0.2, 0.25) is 0 Å².